The molecule has 0 amide bonds. The van der Waals surface area contributed by atoms with Crippen LogP contribution in [0.4, 0.5) is 0 Å². The molecule has 0 atom stereocenters. The van der Waals surface area contributed by atoms with Gasteiger partial charge in [-0.1, -0.05) is 18.2 Å². The van der Waals surface area contributed by atoms with Crippen molar-refractivity contribution in [3.8, 4) is 0 Å². The lowest BCUT2D eigenvalue weighted by Crippen LogP contribution is -2.47. The van der Waals surface area contributed by atoms with Crippen molar-refractivity contribution in [1.82, 2.24) is 24.0 Å². The number of hydrogen-bond donors (Lipinski definition) is 1. The zero-order valence-corrected chi connectivity index (χ0v) is 19.8. The molecular weight excluding hydrogens is 412 g/mol. The van der Waals surface area contributed by atoms with Crippen molar-refractivity contribution in [2.75, 3.05) is 46.8 Å². The summed E-state index contributed by atoms with van der Waals surface area (Å²) in [4.78, 5) is 9.31. The maximum Gasteiger partial charge on any atom is 0.243 e. The van der Waals surface area contributed by atoms with Gasteiger partial charge >= 0.3 is 0 Å². The number of sulfonamides is 1. The van der Waals surface area contributed by atoms with E-state index in [2.05, 4.69) is 25.8 Å². The van der Waals surface area contributed by atoms with Crippen molar-refractivity contribution in [3.05, 3.63) is 53.9 Å². The molecule has 170 valence electrons. The van der Waals surface area contributed by atoms with Crippen LogP contribution in [0.3, 0.4) is 0 Å². The van der Waals surface area contributed by atoms with Gasteiger partial charge in [0.25, 0.3) is 0 Å². The normalized spacial score (nSPS) is 16.5. The second-order valence-electron chi connectivity index (χ2n) is 7.95. The minimum absolute atomic E-state index is 0.295. The highest BCUT2D eigenvalue weighted by molar-refractivity contribution is 7.89. The average Bonchev–Trinajstić information content (AvgIpc) is 3.16. The molecule has 0 unspecified atom stereocenters. The number of aromatic nitrogens is 1. The average molecular weight is 447 g/mol. The number of likely N-dealkylation sites (N-methyl/N-ethyl adjacent to an activating group) is 1. The van der Waals surface area contributed by atoms with E-state index < -0.39 is 10.0 Å². The number of nitrogens with one attached hydrogen (secondary N) is 1. The standard InChI is InChI=1S/C22H34N6O2S/c1-5-23-22(27(4)18-20-10-8-12-26(20)3)24-17-19-9-6-7-11-21(19)31(29,30)28-15-13-25(2)14-16-28/h6-12H,5,13-18H2,1-4H3,(H,23,24). The highest BCUT2D eigenvalue weighted by Gasteiger charge is 2.29. The highest BCUT2D eigenvalue weighted by Crippen LogP contribution is 2.22. The van der Waals surface area contributed by atoms with Gasteiger partial charge in [0.05, 0.1) is 18.0 Å². The fourth-order valence-corrected chi connectivity index (χ4v) is 5.30. The van der Waals surface area contributed by atoms with Crippen LogP contribution in [0.15, 0.2) is 52.5 Å². The Morgan fingerprint density at radius 2 is 1.81 bits per heavy atom. The van der Waals surface area contributed by atoms with Crippen LogP contribution in [0.5, 0.6) is 0 Å². The van der Waals surface area contributed by atoms with Gasteiger partial charge in [-0.25, -0.2) is 13.4 Å². The van der Waals surface area contributed by atoms with E-state index in [1.54, 1.807) is 16.4 Å². The summed E-state index contributed by atoms with van der Waals surface area (Å²) < 4.78 is 30.3. The summed E-state index contributed by atoms with van der Waals surface area (Å²) in [5, 5.41) is 3.31. The fraction of sp³-hybridized carbons (Fsp3) is 0.500. The first-order valence-corrected chi connectivity index (χ1v) is 12.1. The van der Waals surface area contributed by atoms with Gasteiger partial charge in [0.15, 0.2) is 5.96 Å². The minimum Gasteiger partial charge on any atom is -0.357 e. The Hall–Kier alpha value is -2.36. The van der Waals surface area contributed by atoms with Crippen LogP contribution in [0.1, 0.15) is 18.2 Å². The molecule has 8 nitrogen and oxygen atoms in total. The van der Waals surface area contributed by atoms with E-state index in [0.29, 0.717) is 36.6 Å². The number of nitrogens with zero attached hydrogens (tertiary/aromatic N) is 5. The zero-order chi connectivity index (χ0) is 22.4. The topological polar surface area (TPSA) is 73.2 Å². The van der Waals surface area contributed by atoms with E-state index in [0.717, 1.165) is 25.6 Å². The van der Waals surface area contributed by atoms with E-state index in [-0.39, 0.29) is 0 Å². The van der Waals surface area contributed by atoms with Crippen molar-refractivity contribution in [2.45, 2.75) is 24.9 Å². The summed E-state index contributed by atoms with van der Waals surface area (Å²) in [5.74, 6) is 0.746. The predicted molar refractivity (Wildman–Crippen MR) is 124 cm³/mol. The third-order valence-electron chi connectivity index (χ3n) is 5.60. The molecule has 0 aliphatic carbocycles. The molecule has 3 rings (SSSR count). The minimum atomic E-state index is -3.54. The van der Waals surface area contributed by atoms with Gasteiger partial charge in [-0.2, -0.15) is 4.31 Å². The molecule has 0 spiro atoms. The van der Waals surface area contributed by atoms with Crippen LogP contribution in [0.2, 0.25) is 0 Å². The summed E-state index contributed by atoms with van der Waals surface area (Å²) in [5.41, 5.74) is 1.88. The number of hydrogen-bond acceptors (Lipinski definition) is 4. The first-order valence-electron chi connectivity index (χ1n) is 10.7. The lowest BCUT2D eigenvalue weighted by Gasteiger charge is -2.32. The summed E-state index contributed by atoms with van der Waals surface area (Å²) in [6, 6.07) is 11.3. The van der Waals surface area contributed by atoms with Crippen LogP contribution in [0, 0.1) is 0 Å². The maximum absolute atomic E-state index is 13.3. The number of benzene rings is 1. The van der Waals surface area contributed by atoms with Crippen molar-refractivity contribution in [1.29, 1.82) is 0 Å². The van der Waals surface area contributed by atoms with Gasteiger partial charge in [0, 0.05) is 58.7 Å². The van der Waals surface area contributed by atoms with Crippen molar-refractivity contribution in [3.63, 3.8) is 0 Å². The molecule has 1 saturated heterocycles. The molecule has 9 heteroatoms. The van der Waals surface area contributed by atoms with Gasteiger partial charge < -0.3 is 19.7 Å². The highest BCUT2D eigenvalue weighted by atomic mass is 32.2. The van der Waals surface area contributed by atoms with Crippen molar-refractivity contribution < 1.29 is 8.42 Å². The molecule has 2 aromatic rings. The Kier molecular flexibility index (Phi) is 7.74. The largest absolute Gasteiger partial charge is 0.357 e. The fourth-order valence-electron chi connectivity index (χ4n) is 3.66. The summed E-state index contributed by atoms with van der Waals surface area (Å²) >= 11 is 0. The monoisotopic (exact) mass is 446 g/mol. The molecule has 1 aromatic carbocycles. The zero-order valence-electron chi connectivity index (χ0n) is 19.0. The molecule has 31 heavy (non-hydrogen) atoms. The van der Waals surface area contributed by atoms with Crippen molar-refractivity contribution in [2.24, 2.45) is 12.0 Å². The quantitative estimate of drug-likeness (QED) is 0.516. The Morgan fingerprint density at radius 3 is 2.45 bits per heavy atom. The molecule has 1 aliphatic heterocycles. The van der Waals surface area contributed by atoms with Crippen LogP contribution in [0.25, 0.3) is 0 Å². The van der Waals surface area contributed by atoms with E-state index in [9.17, 15) is 8.42 Å². The first kappa shape index (κ1) is 23.3. The van der Waals surface area contributed by atoms with Gasteiger partial charge in [0.1, 0.15) is 0 Å². The molecule has 1 aliphatic rings. The Balaban J connectivity index is 1.81. The summed E-state index contributed by atoms with van der Waals surface area (Å²) in [6.45, 7) is 6.27. The Morgan fingerprint density at radius 1 is 1.10 bits per heavy atom. The van der Waals surface area contributed by atoms with Crippen LogP contribution in [-0.2, 0) is 30.2 Å². The van der Waals surface area contributed by atoms with Gasteiger partial charge in [-0.05, 0) is 37.7 Å². The van der Waals surface area contributed by atoms with E-state index >= 15 is 0 Å². The second kappa shape index (κ2) is 10.3. The Bertz CT molecular complexity index is 993. The third kappa shape index (κ3) is 5.66. The number of piperazine rings is 1. The van der Waals surface area contributed by atoms with Gasteiger partial charge in [0.2, 0.25) is 10.0 Å². The molecule has 1 fully saturated rings. The third-order valence-corrected chi connectivity index (χ3v) is 7.60. The summed E-state index contributed by atoms with van der Waals surface area (Å²) in [7, 11) is 2.48. The maximum atomic E-state index is 13.3. The van der Waals surface area contributed by atoms with Gasteiger partial charge in [-0.3, -0.25) is 0 Å². The molecule has 0 radical (unpaired) electrons. The van der Waals surface area contributed by atoms with Crippen LogP contribution >= 0.6 is 0 Å². The number of aliphatic imine (C=N–C) groups is 1. The molecule has 1 N–H and O–H groups in total. The Labute approximate surface area is 186 Å². The lowest BCUT2D eigenvalue weighted by atomic mass is 10.2. The second-order valence-corrected chi connectivity index (χ2v) is 9.86. The number of guanidine groups is 1. The van der Waals surface area contributed by atoms with E-state index in [4.69, 9.17) is 4.99 Å². The first-order chi connectivity index (χ1) is 14.8. The van der Waals surface area contributed by atoms with Crippen molar-refractivity contribution >= 4 is 16.0 Å². The smallest absolute Gasteiger partial charge is 0.243 e. The SMILES string of the molecule is CCNC(=NCc1ccccc1S(=O)(=O)N1CCN(C)CC1)N(C)Cc1cccn1C. The molecule has 1 aromatic heterocycles. The summed E-state index contributed by atoms with van der Waals surface area (Å²) in [6.07, 6.45) is 2.02. The molecule has 0 saturated carbocycles. The molecule has 2 heterocycles. The van der Waals surface area contributed by atoms with Gasteiger partial charge in [-0.15, -0.1) is 0 Å². The van der Waals surface area contributed by atoms with Crippen LogP contribution in [-0.4, -0.2) is 79.9 Å². The molecular formula is C22H34N6O2S. The van der Waals surface area contributed by atoms with Crippen LogP contribution < -0.4 is 5.32 Å². The molecule has 0 bridgehead atoms. The number of rotatable bonds is 7. The number of aryl methyl sites for hydroxylation is 1. The van der Waals surface area contributed by atoms with E-state index in [1.807, 2.05) is 52.5 Å². The lowest BCUT2D eigenvalue weighted by molar-refractivity contribution is 0.222. The van der Waals surface area contributed by atoms with E-state index in [1.165, 1.54) is 5.69 Å². The predicted octanol–water partition coefficient (Wildman–Crippen LogP) is 1.56.